The van der Waals surface area contributed by atoms with Gasteiger partial charge in [-0.3, -0.25) is 9.52 Å². The van der Waals surface area contributed by atoms with E-state index in [1.165, 1.54) is 0 Å². The predicted octanol–water partition coefficient (Wildman–Crippen LogP) is 4.09. The van der Waals surface area contributed by atoms with Crippen LogP contribution >= 0.6 is 0 Å². The van der Waals surface area contributed by atoms with E-state index in [0.717, 1.165) is 28.7 Å². The predicted molar refractivity (Wildman–Crippen MR) is 116 cm³/mol. The van der Waals surface area contributed by atoms with Crippen LogP contribution in [0.25, 0.3) is 0 Å². The molecule has 1 N–H and O–H groups in total. The Morgan fingerprint density at radius 3 is 2.28 bits per heavy atom. The van der Waals surface area contributed by atoms with Gasteiger partial charge >= 0.3 is 0 Å². The Morgan fingerprint density at radius 1 is 1.10 bits per heavy atom. The van der Waals surface area contributed by atoms with E-state index in [-0.39, 0.29) is 11.9 Å². The summed E-state index contributed by atoms with van der Waals surface area (Å²) in [5.41, 5.74) is 3.82. The smallest absolute Gasteiger partial charge is 0.248 e. The molecule has 7 heteroatoms. The lowest BCUT2D eigenvalue weighted by molar-refractivity contribution is -0.141. The van der Waals surface area contributed by atoms with Crippen LogP contribution in [-0.4, -0.2) is 31.3 Å². The number of amides is 1. The maximum atomic E-state index is 13.1. The monoisotopic (exact) mass is 413 g/mol. The topological polar surface area (TPSA) is 78.8 Å². The van der Waals surface area contributed by atoms with E-state index in [1.54, 1.807) is 17.1 Å². The lowest BCUT2D eigenvalue weighted by atomic mass is 9.91. The van der Waals surface area contributed by atoms with Crippen LogP contribution in [0.3, 0.4) is 0 Å². The van der Waals surface area contributed by atoms with E-state index in [0.29, 0.717) is 12.1 Å². The molecule has 1 atom stereocenters. The molecule has 0 saturated heterocycles. The van der Waals surface area contributed by atoms with Crippen molar-refractivity contribution < 1.29 is 13.2 Å². The second-order valence-electron chi connectivity index (χ2n) is 8.47. The molecule has 0 aromatic heterocycles. The van der Waals surface area contributed by atoms with Gasteiger partial charge in [-0.25, -0.2) is 13.4 Å². The fraction of sp³-hybridized carbons (Fsp3) is 0.364. The van der Waals surface area contributed by atoms with E-state index >= 15 is 0 Å². The van der Waals surface area contributed by atoms with Crippen molar-refractivity contribution >= 4 is 27.3 Å². The first kappa shape index (κ1) is 21.0. The summed E-state index contributed by atoms with van der Waals surface area (Å²) < 4.78 is 25.3. The van der Waals surface area contributed by atoms with E-state index in [2.05, 4.69) is 9.82 Å². The fourth-order valence-corrected chi connectivity index (χ4v) is 3.93. The third kappa shape index (κ3) is 4.85. The van der Waals surface area contributed by atoms with Gasteiger partial charge in [-0.1, -0.05) is 57.2 Å². The van der Waals surface area contributed by atoms with Gasteiger partial charge in [0, 0.05) is 17.5 Å². The first-order valence-electron chi connectivity index (χ1n) is 9.50. The summed E-state index contributed by atoms with van der Waals surface area (Å²) in [6.45, 7) is 7.72. The summed E-state index contributed by atoms with van der Waals surface area (Å²) in [4.78, 5) is 13.1. The highest BCUT2D eigenvalue weighted by molar-refractivity contribution is 7.92. The number of anilines is 1. The molecule has 154 valence electrons. The van der Waals surface area contributed by atoms with Crippen LogP contribution in [0.5, 0.6) is 0 Å². The van der Waals surface area contributed by atoms with Crippen molar-refractivity contribution in [3.05, 3.63) is 65.2 Å². The van der Waals surface area contributed by atoms with Gasteiger partial charge in [0.15, 0.2) is 0 Å². The molecule has 0 saturated carbocycles. The molecule has 2 aromatic carbocycles. The lowest BCUT2D eigenvalue weighted by Crippen LogP contribution is -2.36. The van der Waals surface area contributed by atoms with Crippen molar-refractivity contribution in [2.75, 3.05) is 11.0 Å². The van der Waals surface area contributed by atoms with E-state index in [4.69, 9.17) is 0 Å². The average Bonchev–Trinajstić information content (AvgIpc) is 3.04. The van der Waals surface area contributed by atoms with Crippen molar-refractivity contribution in [2.24, 2.45) is 10.5 Å². The summed E-state index contributed by atoms with van der Waals surface area (Å²) in [7, 11) is -3.33. The van der Waals surface area contributed by atoms with Gasteiger partial charge in [-0.2, -0.15) is 5.10 Å². The second kappa shape index (κ2) is 7.63. The highest BCUT2D eigenvalue weighted by Crippen LogP contribution is 2.37. The van der Waals surface area contributed by atoms with Crippen LogP contribution in [0.1, 0.15) is 49.9 Å². The zero-order valence-electron chi connectivity index (χ0n) is 17.4. The Morgan fingerprint density at radius 2 is 1.72 bits per heavy atom. The van der Waals surface area contributed by atoms with Crippen molar-refractivity contribution in [2.45, 2.75) is 40.2 Å². The molecule has 0 bridgehead atoms. The van der Waals surface area contributed by atoms with Crippen LogP contribution in [0, 0.1) is 12.3 Å². The van der Waals surface area contributed by atoms with Crippen LogP contribution in [-0.2, 0) is 14.8 Å². The molecule has 29 heavy (non-hydrogen) atoms. The minimum absolute atomic E-state index is 0.0314. The standard InChI is InChI=1S/C22H27N3O3S/c1-15-8-6-7-9-18(15)20-14-19(23-25(20)21(26)22(2,3)4)16-10-12-17(13-11-16)24-29(5,27)28/h6-13,20,24H,14H2,1-5H3. The number of rotatable bonds is 4. The quantitative estimate of drug-likeness (QED) is 0.820. The molecular formula is C22H27N3O3S. The second-order valence-corrected chi connectivity index (χ2v) is 10.2. The van der Waals surface area contributed by atoms with Gasteiger partial charge in [0.1, 0.15) is 0 Å². The fourth-order valence-electron chi connectivity index (χ4n) is 3.36. The molecule has 1 unspecified atom stereocenters. The van der Waals surface area contributed by atoms with Gasteiger partial charge < -0.3 is 0 Å². The maximum Gasteiger partial charge on any atom is 0.248 e. The third-order valence-corrected chi connectivity index (χ3v) is 5.44. The van der Waals surface area contributed by atoms with Gasteiger partial charge in [-0.15, -0.1) is 0 Å². The molecule has 1 aliphatic rings. The van der Waals surface area contributed by atoms with Gasteiger partial charge in [-0.05, 0) is 35.7 Å². The van der Waals surface area contributed by atoms with Gasteiger partial charge in [0.25, 0.3) is 0 Å². The van der Waals surface area contributed by atoms with Crippen molar-refractivity contribution in [1.82, 2.24) is 5.01 Å². The zero-order chi connectivity index (χ0) is 21.4. The molecule has 6 nitrogen and oxygen atoms in total. The Kier molecular flexibility index (Phi) is 5.54. The number of nitrogens with one attached hydrogen (secondary N) is 1. The number of nitrogens with zero attached hydrogens (tertiary/aromatic N) is 2. The number of carbonyl (C=O) groups is 1. The molecule has 0 aliphatic carbocycles. The first-order chi connectivity index (χ1) is 13.5. The summed E-state index contributed by atoms with van der Waals surface area (Å²) in [6.07, 6.45) is 1.72. The molecule has 1 heterocycles. The average molecular weight is 414 g/mol. The lowest BCUT2D eigenvalue weighted by Gasteiger charge is -2.29. The molecule has 1 aliphatic heterocycles. The van der Waals surface area contributed by atoms with Crippen molar-refractivity contribution in [1.29, 1.82) is 0 Å². The number of hydrazone groups is 1. The summed E-state index contributed by atoms with van der Waals surface area (Å²) in [5.74, 6) is -0.0314. The number of aryl methyl sites for hydroxylation is 1. The van der Waals surface area contributed by atoms with Crippen LogP contribution in [0.2, 0.25) is 0 Å². The van der Waals surface area contributed by atoms with Crippen LogP contribution in [0.4, 0.5) is 5.69 Å². The molecule has 2 aromatic rings. The Hall–Kier alpha value is -2.67. The minimum atomic E-state index is -3.33. The SMILES string of the molecule is Cc1ccccc1C1CC(c2ccc(NS(C)(=O)=O)cc2)=NN1C(=O)C(C)(C)C. The number of carbonyl (C=O) groups excluding carboxylic acids is 1. The Bertz CT molecular complexity index is 1050. The summed E-state index contributed by atoms with van der Waals surface area (Å²) >= 11 is 0. The minimum Gasteiger partial charge on any atom is -0.284 e. The Labute approximate surface area is 172 Å². The van der Waals surface area contributed by atoms with E-state index < -0.39 is 15.4 Å². The highest BCUT2D eigenvalue weighted by atomic mass is 32.2. The largest absolute Gasteiger partial charge is 0.284 e. The first-order valence-corrected chi connectivity index (χ1v) is 11.4. The molecule has 1 amide bonds. The van der Waals surface area contributed by atoms with Crippen molar-refractivity contribution in [3.63, 3.8) is 0 Å². The normalized spacial score (nSPS) is 17.2. The molecule has 0 fully saturated rings. The number of hydrogen-bond acceptors (Lipinski definition) is 4. The highest BCUT2D eigenvalue weighted by Gasteiger charge is 2.38. The maximum absolute atomic E-state index is 13.1. The molecule has 0 radical (unpaired) electrons. The summed E-state index contributed by atoms with van der Waals surface area (Å²) in [5, 5.41) is 6.30. The van der Waals surface area contributed by atoms with Gasteiger partial charge in [0.05, 0.1) is 18.0 Å². The van der Waals surface area contributed by atoms with Gasteiger partial charge in [0.2, 0.25) is 15.9 Å². The molecular weight excluding hydrogens is 386 g/mol. The third-order valence-electron chi connectivity index (χ3n) is 4.83. The molecule has 3 rings (SSSR count). The number of sulfonamides is 1. The van der Waals surface area contributed by atoms with Crippen LogP contribution in [0.15, 0.2) is 53.6 Å². The van der Waals surface area contributed by atoms with Crippen LogP contribution < -0.4 is 4.72 Å². The van der Waals surface area contributed by atoms with E-state index in [1.807, 2.05) is 64.1 Å². The zero-order valence-corrected chi connectivity index (χ0v) is 18.2. The van der Waals surface area contributed by atoms with Crippen molar-refractivity contribution in [3.8, 4) is 0 Å². The number of hydrogen-bond donors (Lipinski definition) is 1. The van der Waals surface area contributed by atoms with E-state index in [9.17, 15) is 13.2 Å². The number of benzene rings is 2. The Balaban J connectivity index is 1.96. The summed E-state index contributed by atoms with van der Waals surface area (Å²) in [6, 6.07) is 14.9. The molecule has 0 spiro atoms.